The first-order valence-electron chi connectivity index (χ1n) is 10.3. The Morgan fingerprint density at radius 3 is 2.65 bits per heavy atom. The van der Waals surface area contributed by atoms with Crippen LogP contribution in [0.1, 0.15) is 42.4 Å². The van der Waals surface area contributed by atoms with E-state index in [4.69, 9.17) is 16.3 Å². The van der Waals surface area contributed by atoms with Gasteiger partial charge in [0, 0.05) is 29.0 Å². The molecular weight excluding hydrogens is 415 g/mol. The summed E-state index contributed by atoms with van der Waals surface area (Å²) in [5, 5.41) is 0.363. The quantitative estimate of drug-likeness (QED) is 0.309. The number of unbranched alkanes of at least 4 members (excludes halogenated alkanes) is 1. The second-order valence-corrected chi connectivity index (χ2v) is 7.72. The molecule has 4 nitrogen and oxygen atoms in total. The van der Waals surface area contributed by atoms with E-state index in [1.165, 1.54) is 13.2 Å². The van der Waals surface area contributed by atoms with Gasteiger partial charge in [-0.3, -0.25) is 0 Å². The van der Waals surface area contributed by atoms with Crippen molar-refractivity contribution < 1.29 is 13.9 Å². The highest BCUT2D eigenvalue weighted by Crippen LogP contribution is 2.23. The number of aryl methyl sites for hydroxylation is 1. The number of esters is 1. The molecule has 6 heteroatoms. The van der Waals surface area contributed by atoms with E-state index in [9.17, 15) is 9.18 Å². The number of nitrogens with zero attached hydrogens (tertiary/aromatic N) is 2. The maximum atomic E-state index is 14.5. The normalized spacial score (nSPS) is 11.5. The fourth-order valence-corrected chi connectivity index (χ4v) is 3.63. The lowest BCUT2D eigenvalue weighted by Crippen LogP contribution is -2.11. The first kappa shape index (κ1) is 22.8. The number of carbonyl (C=O) groups is 1. The van der Waals surface area contributed by atoms with Crippen LogP contribution in [0, 0.1) is 5.82 Å². The van der Waals surface area contributed by atoms with Crippen LogP contribution in [0.5, 0.6) is 0 Å². The molecule has 0 saturated heterocycles. The summed E-state index contributed by atoms with van der Waals surface area (Å²) in [7, 11) is 1.37. The van der Waals surface area contributed by atoms with Crippen molar-refractivity contribution in [1.82, 2.24) is 9.55 Å². The highest BCUT2D eigenvalue weighted by Gasteiger charge is 2.17. The molecule has 0 aliphatic carbocycles. The van der Waals surface area contributed by atoms with Gasteiger partial charge in [-0.05, 0) is 30.2 Å². The van der Waals surface area contributed by atoms with E-state index >= 15 is 0 Å². The number of imidazole rings is 1. The van der Waals surface area contributed by atoms with E-state index in [-0.39, 0.29) is 12.4 Å². The average Bonchev–Trinajstić information content (AvgIpc) is 3.15. The minimum absolute atomic E-state index is 0.232. The van der Waals surface area contributed by atoms with Gasteiger partial charge in [0.1, 0.15) is 11.6 Å². The van der Waals surface area contributed by atoms with Crippen LogP contribution in [0.25, 0.3) is 6.08 Å². The maximum Gasteiger partial charge on any atom is 0.334 e. The number of halogens is 2. The van der Waals surface area contributed by atoms with Crippen LogP contribution in [0.2, 0.25) is 5.02 Å². The number of rotatable bonds is 9. The molecule has 0 radical (unpaired) electrons. The molecule has 3 aromatic rings. The molecule has 0 bridgehead atoms. The first-order chi connectivity index (χ1) is 15.0. The van der Waals surface area contributed by atoms with Gasteiger partial charge < -0.3 is 9.30 Å². The molecule has 0 aliphatic rings. The lowest BCUT2D eigenvalue weighted by Gasteiger charge is -2.13. The predicted octanol–water partition coefficient (Wildman–Crippen LogP) is 5.87. The third-order valence-corrected chi connectivity index (χ3v) is 5.46. The van der Waals surface area contributed by atoms with Gasteiger partial charge >= 0.3 is 5.97 Å². The zero-order valence-corrected chi connectivity index (χ0v) is 18.5. The number of ether oxygens (including phenoxy) is 1. The monoisotopic (exact) mass is 440 g/mol. The van der Waals surface area contributed by atoms with Crippen molar-refractivity contribution in [2.45, 2.75) is 39.2 Å². The van der Waals surface area contributed by atoms with Crippen LogP contribution < -0.4 is 0 Å². The molecule has 1 heterocycles. The third-order valence-electron chi connectivity index (χ3n) is 5.11. The number of methoxy groups -OCH3 is 1. The molecular formula is C25H26ClFN2O2. The van der Waals surface area contributed by atoms with Crippen LogP contribution in [-0.2, 0) is 28.9 Å². The highest BCUT2D eigenvalue weighted by atomic mass is 35.5. The van der Waals surface area contributed by atoms with Crippen molar-refractivity contribution in [1.29, 1.82) is 0 Å². The Hall–Kier alpha value is -2.92. The fourth-order valence-electron chi connectivity index (χ4n) is 3.41. The van der Waals surface area contributed by atoms with Gasteiger partial charge in [-0.25, -0.2) is 14.2 Å². The molecule has 3 rings (SSSR count). The topological polar surface area (TPSA) is 44.1 Å². The van der Waals surface area contributed by atoms with Crippen molar-refractivity contribution in [3.05, 3.63) is 93.8 Å². The SMILES string of the molecule is CCCCc1ncc(C=C(Cc2ccccc2)C(=O)OC)n1Cc1c(F)cccc1Cl. The third kappa shape index (κ3) is 5.82. The molecule has 2 aromatic carbocycles. The van der Waals surface area contributed by atoms with E-state index in [1.807, 2.05) is 34.9 Å². The second kappa shape index (κ2) is 10.9. The number of hydrogen-bond acceptors (Lipinski definition) is 3. The van der Waals surface area contributed by atoms with Crippen molar-refractivity contribution in [2.24, 2.45) is 0 Å². The summed E-state index contributed by atoms with van der Waals surface area (Å²) >= 11 is 6.28. The summed E-state index contributed by atoms with van der Waals surface area (Å²) in [6.45, 7) is 2.34. The Bertz CT molecular complexity index is 1040. The molecule has 0 atom stereocenters. The van der Waals surface area contributed by atoms with E-state index in [2.05, 4.69) is 11.9 Å². The van der Waals surface area contributed by atoms with Crippen LogP contribution in [0.15, 0.2) is 60.3 Å². The smallest absolute Gasteiger partial charge is 0.334 e. The molecule has 0 aliphatic heterocycles. The summed E-state index contributed by atoms with van der Waals surface area (Å²) in [5.41, 5.74) is 2.60. The molecule has 31 heavy (non-hydrogen) atoms. The molecule has 0 fully saturated rings. The number of hydrogen-bond donors (Lipinski definition) is 0. The first-order valence-corrected chi connectivity index (χ1v) is 10.7. The van der Waals surface area contributed by atoms with E-state index in [0.29, 0.717) is 28.3 Å². The summed E-state index contributed by atoms with van der Waals surface area (Å²) in [5.74, 6) is 0.0574. The summed E-state index contributed by atoms with van der Waals surface area (Å²) in [6.07, 6.45) is 6.63. The van der Waals surface area contributed by atoms with Crippen LogP contribution >= 0.6 is 11.6 Å². The van der Waals surface area contributed by atoms with E-state index in [0.717, 1.165) is 30.7 Å². The van der Waals surface area contributed by atoms with E-state index in [1.54, 1.807) is 24.4 Å². The van der Waals surface area contributed by atoms with Crippen LogP contribution in [-0.4, -0.2) is 22.6 Å². The van der Waals surface area contributed by atoms with Gasteiger partial charge in [0.15, 0.2) is 0 Å². The summed E-state index contributed by atoms with van der Waals surface area (Å²) in [6, 6.07) is 14.4. The van der Waals surface area contributed by atoms with Gasteiger partial charge in [0.2, 0.25) is 0 Å². The number of carbonyl (C=O) groups excluding carboxylic acids is 1. The maximum absolute atomic E-state index is 14.5. The lowest BCUT2D eigenvalue weighted by molar-refractivity contribution is -0.136. The minimum Gasteiger partial charge on any atom is -0.466 e. The lowest BCUT2D eigenvalue weighted by atomic mass is 10.0. The number of benzene rings is 2. The summed E-state index contributed by atoms with van der Waals surface area (Å²) in [4.78, 5) is 17.0. The molecule has 0 amide bonds. The number of aromatic nitrogens is 2. The van der Waals surface area contributed by atoms with Crippen LogP contribution in [0.4, 0.5) is 4.39 Å². The fraction of sp³-hybridized carbons (Fsp3) is 0.280. The van der Waals surface area contributed by atoms with Gasteiger partial charge in [0.25, 0.3) is 0 Å². The summed E-state index contributed by atoms with van der Waals surface area (Å²) < 4.78 is 21.4. The van der Waals surface area contributed by atoms with Crippen molar-refractivity contribution in [3.8, 4) is 0 Å². The van der Waals surface area contributed by atoms with Gasteiger partial charge in [-0.15, -0.1) is 0 Å². The van der Waals surface area contributed by atoms with Crippen molar-refractivity contribution in [2.75, 3.05) is 7.11 Å². The molecule has 0 unspecified atom stereocenters. The van der Waals surface area contributed by atoms with Crippen molar-refractivity contribution >= 4 is 23.6 Å². The van der Waals surface area contributed by atoms with Crippen LogP contribution in [0.3, 0.4) is 0 Å². The molecule has 0 spiro atoms. The average molecular weight is 441 g/mol. The standard InChI is InChI=1S/C25H26ClFN2O2/c1-3-4-13-24-28-16-20(29(24)17-21-22(26)11-8-12-23(21)27)15-19(25(30)31-2)14-18-9-6-5-7-10-18/h5-12,15-16H,3-4,13-14,17H2,1-2H3. The molecule has 1 aromatic heterocycles. The molecule has 0 N–H and O–H groups in total. The Morgan fingerprint density at radius 1 is 1.19 bits per heavy atom. The second-order valence-electron chi connectivity index (χ2n) is 7.31. The zero-order chi connectivity index (χ0) is 22.2. The van der Waals surface area contributed by atoms with Gasteiger partial charge in [-0.2, -0.15) is 0 Å². The Kier molecular flexibility index (Phi) is 8.01. The molecule has 162 valence electrons. The van der Waals surface area contributed by atoms with Crippen molar-refractivity contribution in [3.63, 3.8) is 0 Å². The Balaban J connectivity index is 2.03. The van der Waals surface area contributed by atoms with E-state index < -0.39 is 5.97 Å². The largest absolute Gasteiger partial charge is 0.466 e. The van der Waals surface area contributed by atoms with Gasteiger partial charge in [-0.1, -0.05) is 61.3 Å². The predicted molar refractivity (Wildman–Crippen MR) is 121 cm³/mol. The molecule has 0 saturated carbocycles. The Morgan fingerprint density at radius 2 is 1.97 bits per heavy atom. The highest BCUT2D eigenvalue weighted by molar-refractivity contribution is 6.31. The Labute approximate surface area is 187 Å². The zero-order valence-electron chi connectivity index (χ0n) is 17.8. The van der Waals surface area contributed by atoms with Gasteiger partial charge in [0.05, 0.1) is 25.5 Å². The minimum atomic E-state index is -0.407.